The molecule has 1 N–H and O–H groups in total. The topological polar surface area (TPSA) is 80.1 Å². The second-order valence-corrected chi connectivity index (χ2v) is 6.38. The van der Waals surface area contributed by atoms with Crippen LogP contribution in [-0.2, 0) is 22.7 Å². The summed E-state index contributed by atoms with van der Waals surface area (Å²) in [5.41, 5.74) is 2.52. The third-order valence-electron chi connectivity index (χ3n) is 4.37. The van der Waals surface area contributed by atoms with Gasteiger partial charge in [0.2, 0.25) is 11.8 Å². The summed E-state index contributed by atoms with van der Waals surface area (Å²) in [6.45, 7) is 7.06. The lowest BCUT2D eigenvalue weighted by molar-refractivity contribution is -0.131. The van der Waals surface area contributed by atoms with Gasteiger partial charge < -0.3 is 10.2 Å². The third-order valence-corrected chi connectivity index (χ3v) is 4.37. The Morgan fingerprint density at radius 1 is 1.40 bits per heavy atom. The van der Waals surface area contributed by atoms with Crippen molar-refractivity contribution in [1.29, 1.82) is 0 Å². The van der Waals surface area contributed by atoms with Gasteiger partial charge in [-0.05, 0) is 25.0 Å². The first-order chi connectivity index (χ1) is 12.0. The molecule has 7 heteroatoms. The number of amides is 2. The normalized spacial score (nSPS) is 16.4. The Kier molecular flexibility index (Phi) is 4.83. The van der Waals surface area contributed by atoms with Crippen molar-refractivity contribution in [3.8, 4) is 0 Å². The molecule has 1 unspecified atom stereocenters. The quantitative estimate of drug-likeness (QED) is 0.923. The van der Waals surface area contributed by atoms with Crippen LogP contribution in [-0.4, -0.2) is 38.0 Å². The predicted octanol–water partition coefficient (Wildman–Crippen LogP) is 2.08. The number of aryl methyl sites for hydroxylation is 2. The lowest BCUT2D eigenvalue weighted by atomic mass is 9.94. The fourth-order valence-electron chi connectivity index (χ4n) is 3.16. The molecule has 3 heterocycles. The lowest BCUT2D eigenvalue weighted by Gasteiger charge is -2.32. The molecule has 0 spiro atoms. The maximum absolute atomic E-state index is 12.9. The van der Waals surface area contributed by atoms with E-state index in [2.05, 4.69) is 22.3 Å². The molecule has 7 nitrogen and oxygen atoms in total. The number of carbonyl (C=O) groups is 2. The van der Waals surface area contributed by atoms with Gasteiger partial charge in [0.15, 0.2) is 0 Å². The molecular formula is C18H23N5O2. The third kappa shape index (κ3) is 3.55. The highest BCUT2D eigenvalue weighted by molar-refractivity contribution is 5.96. The molecule has 3 rings (SSSR count). The van der Waals surface area contributed by atoms with Gasteiger partial charge in [0, 0.05) is 38.8 Å². The van der Waals surface area contributed by atoms with E-state index in [-0.39, 0.29) is 11.8 Å². The summed E-state index contributed by atoms with van der Waals surface area (Å²) < 4.78 is 1.80. The van der Waals surface area contributed by atoms with Crippen molar-refractivity contribution in [2.45, 2.75) is 46.2 Å². The minimum absolute atomic E-state index is 0.0424. The molecule has 1 atom stereocenters. The van der Waals surface area contributed by atoms with Gasteiger partial charge in [-0.25, -0.2) is 4.68 Å². The number of aromatic nitrogens is 3. The molecule has 0 aliphatic carbocycles. The number of carbonyl (C=O) groups excluding carboxylic acids is 2. The standard InChI is InChI=1S/C18H23N5O2/c1-4-8-23-16(9-12(2)21-23)20-18(25)15-11-22(13(3)24)10-14-6-5-7-19-17(14)15/h5-7,9,15H,4,8,10-11H2,1-3H3,(H,20,25). The van der Waals surface area contributed by atoms with E-state index in [4.69, 9.17) is 0 Å². The number of anilines is 1. The molecular weight excluding hydrogens is 318 g/mol. The van der Waals surface area contributed by atoms with Crippen LogP contribution in [0.15, 0.2) is 24.4 Å². The first kappa shape index (κ1) is 17.1. The number of rotatable bonds is 4. The number of fused-ring (bicyclic) bond motifs is 1. The highest BCUT2D eigenvalue weighted by atomic mass is 16.2. The number of hydrogen-bond acceptors (Lipinski definition) is 4. The summed E-state index contributed by atoms with van der Waals surface area (Å²) in [6.07, 6.45) is 2.62. The van der Waals surface area contributed by atoms with Gasteiger partial charge in [-0.15, -0.1) is 0 Å². The summed E-state index contributed by atoms with van der Waals surface area (Å²) in [5.74, 6) is -0.0109. The van der Waals surface area contributed by atoms with Crippen molar-refractivity contribution < 1.29 is 9.59 Å². The van der Waals surface area contributed by atoms with E-state index in [1.807, 2.05) is 25.1 Å². The van der Waals surface area contributed by atoms with E-state index in [9.17, 15) is 9.59 Å². The number of hydrogen-bond donors (Lipinski definition) is 1. The molecule has 0 radical (unpaired) electrons. The van der Waals surface area contributed by atoms with E-state index in [0.717, 1.165) is 29.9 Å². The van der Waals surface area contributed by atoms with Crippen LogP contribution in [0.25, 0.3) is 0 Å². The molecule has 0 fully saturated rings. The summed E-state index contributed by atoms with van der Waals surface area (Å²) >= 11 is 0. The number of pyridine rings is 1. The highest BCUT2D eigenvalue weighted by Gasteiger charge is 2.33. The second kappa shape index (κ2) is 7.04. The Morgan fingerprint density at radius 3 is 2.92 bits per heavy atom. The summed E-state index contributed by atoms with van der Waals surface area (Å²) in [7, 11) is 0. The molecule has 0 aromatic carbocycles. The van der Waals surface area contributed by atoms with Crippen molar-refractivity contribution in [2.24, 2.45) is 0 Å². The maximum Gasteiger partial charge on any atom is 0.236 e. The Balaban J connectivity index is 1.87. The van der Waals surface area contributed by atoms with Crippen LogP contribution in [0.4, 0.5) is 5.82 Å². The zero-order valence-electron chi connectivity index (χ0n) is 14.8. The number of nitrogens with one attached hydrogen (secondary N) is 1. The molecule has 132 valence electrons. The van der Waals surface area contributed by atoms with E-state index in [0.29, 0.717) is 18.9 Å². The first-order valence-electron chi connectivity index (χ1n) is 8.54. The monoisotopic (exact) mass is 341 g/mol. The van der Waals surface area contributed by atoms with Crippen LogP contribution >= 0.6 is 0 Å². The Hall–Kier alpha value is -2.70. The Labute approximate surface area is 147 Å². The Bertz CT molecular complexity index is 799. The molecule has 0 saturated carbocycles. The van der Waals surface area contributed by atoms with Crippen LogP contribution in [0, 0.1) is 6.92 Å². The van der Waals surface area contributed by atoms with Gasteiger partial charge in [-0.3, -0.25) is 14.6 Å². The first-order valence-corrected chi connectivity index (χ1v) is 8.54. The van der Waals surface area contributed by atoms with E-state index >= 15 is 0 Å². The average molecular weight is 341 g/mol. The fraction of sp³-hybridized carbons (Fsp3) is 0.444. The molecule has 1 aliphatic rings. The summed E-state index contributed by atoms with van der Waals surface area (Å²) in [6, 6.07) is 5.61. The summed E-state index contributed by atoms with van der Waals surface area (Å²) in [5, 5.41) is 7.38. The summed E-state index contributed by atoms with van der Waals surface area (Å²) in [4.78, 5) is 30.9. The maximum atomic E-state index is 12.9. The van der Waals surface area contributed by atoms with Crippen molar-refractivity contribution >= 4 is 17.6 Å². The van der Waals surface area contributed by atoms with Gasteiger partial charge in [0.05, 0.1) is 17.3 Å². The molecule has 1 aliphatic heterocycles. The van der Waals surface area contributed by atoms with Gasteiger partial charge in [-0.2, -0.15) is 5.10 Å². The van der Waals surface area contributed by atoms with Crippen LogP contribution < -0.4 is 5.32 Å². The van der Waals surface area contributed by atoms with E-state index < -0.39 is 5.92 Å². The smallest absolute Gasteiger partial charge is 0.236 e. The molecule has 2 amide bonds. The zero-order chi connectivity index (χ0) is 18.0. The molecule has 0 bridgehead atoms. The predicted molar refractivity (Wildman–Crippen MR) is 94.0 cm³/mol. The van der Waals surface area contributed by atoms with Crippen molar-refractivity contribution in [1.82, 2.24) is 19.7 Å². The zero-order valence-corrected chi connectivity index (χ0v) is 14.8. The lowest BCUT2D eigenvalue weighted by Crippen LogP contribution is -2.41. The number of nitrogens with zero attached hydrogens (tertiary/aromatic N) is 4. The van der Waals surface area contributed by atoms with E-state index in [1.54, 1.807) is 15.8 Å². The van der Waals surface area contributed by atoms with E-state index in [1.165, 1.54) is 6.92 Å². The van der Waals surface area contributed by atoms with Gasteiger partial charge in [0.1, 0.15) is 5.82 Å². The van der Waals surface area contributed by atoms with Gasteiger partial charge in [-0.1, -0.05) is 13.0 Å². The minimum atomic E-state index is -0.487. The SMILES string of the molecule is CCCn1nc(C)cc1NC(=O)C1CN(C(C)=O)Cc2cccnc21. The largest absolute Gasteiger partial charge is 0.337 e. The van der Waals surface area contributed by atoms with Crippen molar-refractivity contribution in [3.05, 3.63) is 41.3 Å². The molecule has 0 saturated heterocycles. The van der Waals surface area contributed by atoms with Crippen molar-refractivity contribution in [3.63, 3.8) is 0 Å². The second-order valence-electron chi connectivity index (χ2n) is 6.38. The van der Waals surface area contributed by atoms with Crippen LogP contribution in [0.5, 0.6) is 0 Å². The Morgan fingerprint density at radius 2 is 2.20 bits per heavy atom. The minimum Gasteiger partial charge on any atom is -0.337 e. The average Bonchev–Trinajstić information content (AvgIpc) is 2.93. The molecule has 2 aromatic rings. The fourth-order valence-corrected chi connectivity index (χ4v) is 3.16. The van der Waals surface area contributed by atoms with Crippen molar-refractivity contribution in [2.75, 3.05) is 11.9 Å². The molecule has 2 aromatic heterocycles. The van der Waals surface area contributed by atoms with Crippen LogP contribution in [0.2, 0.25) is 0 Å². The molecule has 25 heavy (non-hydrogen) atoms. The highest BCUT2D eigenvalue weighted by Crippen LogP contribution is 2.28. The van der Waals surface area contributed by atoms with Crippen LogP contribution in [0.3, 0.4) is 0 Å². The van der Waals surface area contributed by atoms with Gasteiger partial charge in [0.25, 0.3) is 0 Å². The van der Waals surface area contributed by atoms with Gasteiger partial charge >= 0.3 is 0 Å². The van der Waals surface area contributed by atoms with Crippen LogP contribution in [0.1, 0.15) is 43.1 Å².